The molecule has 0 aliphatic carbocycles. The monoisotopic (exact) mass is 335 g/mol. The summed E-state index contributed by atoms with van der Waals surface area (Å²) in [6.07, 6.45) is 0. The topological polar surface area (TPSA) is 38.3 Å². The van der Waals surface area contributed by atoms with Crippen molar-refractivity contribution in [2.24, 2.45) is 0 Å². The molecule has 0 saturated carbocycles. The van der Waals surface area contributed by atoms with Gasteiger partial charge in [-0.25, -0.2) is 0 Å². The Morgan fingerprint density at radius 2 is 1.83 bits per heavy atom. The summed E-state index contributed by atoms with van der Waals surface area (Å²) in [5.41, 5.74) is 5.17. The molecule has 1 aliphatic heterocycles. The molecule has 0 spiro atoms. The van der Waals surface area contributed by atoms with Gasteiger partial charge in [-0.3, -0.25) is 4.79 Å². The van der Waals surface area contributed by atoms with E-state index in [1.54, 1.807) is 0 Å². The van der Waals surface area contributed by atoms with Crippen molar-refractivity contribution in [2.75, 3.05) is 5.32 Å². The Morgan fingerprint density at radius 1 is 1.08 bits per heavy atom. The number of hydrogen-bond donors (Lipinski definition) is 1. The van der Waals surface area contributed by atoms with E-state index in [4.69, 9.17) is 4.74 Å². The van der Waals surface area contributed by atoms with E-state index < -0.39 is 0 Å². The summed E-state index contributed by atoms with van der Waals surface area (Å²) >= 11 is 1.53. The molecule has 1 N–H and O–H groups in total. The van der Waals surface area contributed by atoms with Crippen LogP contribution in [0.4, 0.5) is 5.69 Å². The van der Waals surface area contributed by atoms with Crippen LogP contribution in [0, 0.1) is 13.8 Å². The molecule has 0 saturated heterocycles. The van der Waals surface area contributed by atoms with E-state index in [2.05, 4.69) is 5.32 Å². The number of nitrogens with one attached hydrogen (secondary N) is 1. The van der Waals surface area contributed by atoms with Gasteiger partial charge in [0.25, 0.3) is 5.91 Å². The average Bonchev–Trinajstić information content (AvgIpc) is 3.03. The molecule has 120 valence electrons. The lowest BCUT2D eigenvalue weighted by Gasteiger charge is -2.16. The van der Waals surface area contributed by atoms with Crippen molar-refractivity contribution in [3.05, 3.63) is 70.1 Å². The molecule has 1 aliphatic rings. The number of ether oxygens (including phenoxy) is 1. The van der Waals surface area contributed by atoms with Crippen LogP contribution in [0.25, 0.3) is 10.4 Å². The second kappa shape index (κ2) is 5.80. The Bertz CT molecular complexity index is 922. The molecule has 4 rings (SSSR count). The summed E-state index contributed by atoms with van der Waals surface area (Å²) < 4.78 is 5.77. The normalized spacial score (nSPS) is 12.1. The van der Waals surface area contributed by atoms with Crippen LogP contribution in [0.3, 0.4) is 0 Å². The van der Waals surface area contributed by atoms with Gasteiger partial charge in [-0.05, 0) is 43.2 Å². The van der Waals surface area contributed by atoms with Gasteiger partial charge in [0.2, 0.25) is 0 Å². The first-order chi connectivity index (χ1) is 11.6. The van der Waals surface area contributed by atoms with E-state index >= 15 is 0 Å². The molecular weight excluding hydrogens is 318 g/mol. The van der Waals surface area contributed by atoms with Gasteiger partial charge in [-0.15, -0.1) is 11.3 Å². The Morgan fingerprint density at radius 3 is 2.62 bits per heavy atom. The van der Waals surface area contributed by atoms with Crippen molar-refractivity contribution < 1.29 is 9.53 Å². The fourth-order valence-corrected chi connectivity index (χ4v) is 4.09. The number of benzene rings is 2. The molecule has 2 heterocycles. The van der Waals surface area contributed by atoms with Gasteiger partial charge in [0.1, 0.15) is 12.4 Å². The van der Waals surface area contributed by atoms with Crippen molar-refractivity contribution in [3.63, 3.8) is 0 Å². The van der Waals surface area contributed by atoms with Crippen molar-refractivity contribution >= 4 is 22.9 Å². The molecule has 2 aromatic carbocycles. The van der Waals surface area contributed by atoms with E-state index in [0.29, 0.717) is 11.5 Å². The number of para-hydroxylation sites is 2. The smallest absolute Gasteiger partial charge is 0.265 e. The molecule has 0 unspecified atom stereocenters. The van der Waals surface area contributed by atoms with Crippen LogP contribution in [-0.2, 0) is 6.61 Å². The van der Waals surface area contributed by atoms with Crippen LogP contribution in [0.15, 0.2) is 48.5 Å². The fourth-order valence-electron chi connectivity index (χ4n) is 3.00. The molecule has 1 aromatic heterocycles. The van der Waals surface area contributed by atoms with Gasteiger partial charge >= 0.3 is 0 Å². The van der Waals surface area contributed by atoms with Crippen LogP contribution >= 0.6 is 11.3 Å². The van der Waals surface area contributed by atoms with E-state index in [9.17, 15) is 4.79 Å². The lowest BCUT2D eigenvalue weighted by atomic mass is 10.1. The van der Waals surface area contributed by atoms with Crippen LogP contribution < -0.4 is 10.1 Å². The predicted octanol–water partition coefficient (Wildman–Crippen LogP) is 5.18. The van der Waals surface area contributed by atoms with Crippen LogP contribution in [-0.4, -0.2) is 5.91 Å². The first kappa shape index (κ1) is 15.0. The SMILES string of the molecule is Cc1cccc(C)c1NC(=O)c1cc2c(s1)-c1ccccc1OC2. The maximum Gasteiger partial charge on any atom is 0.265 e. The van der Waals surface area contributed by atoms with Gasteiger partial charge in [-0.1, -0.05) is 30.3 Å². The number of amides is 1. The zero-order valence-corrected chi connectivity index (χ0v) is 14.4. The molecule has 0 radical (unpaired) electrons. The van der Waals surface area contributed by atoms with E-state index in [1.807, 2.05) is 62.4 Å². The largest absolute Gasteiger partial charge is 0.488 e. The maximum absolute atomic E-state index is 12.7. The Labute approximate surface area is 144 Å². The molecule has 24 heavy (non-hydrogen) atoms. The summed E-state index contributed by atoms with van der Waals surface area (Å²) in [6.45, 7) is 4.53. The second-order valence-corrected chi connectivity index (χ2v) is 7.02. The van der Waals surface area contributed by atoms with Crippen molar-refractivity contribution in [3.8, 4) is 16.2 Å². The highest BCUT2D eigenvalue weighted by Crippen LogP contribution is 2.42. The van der Waals surface area contributed by atoms with Gasteiger partial charge in [0.15, 0.2) is 0 Å². The number of rotatable bonds is 2. The number of fused-ring (bicyclic) bond motifs is 3. The highest BCUT2D eigenvalue weighted by molar-refractivity contribution is 7.17. The number of anilines is 1. The number of hydrogen-bond acceptors (Lipinski definition) is 3. The highest BCUT2D eigenvalue weighted by Gasteiger charge is 2.22. The Hall–Kier alpha value is -2.59. The number of aryl methyl sites for hydroxylation is 2. The number of thiophene rings is 1. The summed E-state index contributed by atoms with van der Waals surface area (Å²) in [5.74, 6) is 0.817. The van der Waals surface area contributed by atoms with Crippen LogP contribution in [0.1, 0.15) is 26.4 Å². The molecule has 0 fully saturated rings. The Balaban J connectivity index is 1.67. The lowest BCUT2D eigenvalue weighted by Crippen LogP contribution is -2.12. The van der Waals surface area contributed by atoms with E-state index in [-0.39, 0.29) is 5.91 Å². The first-order valence-electron chi connectivity index (χ1n) is 7.86. The highest BCUT2D eigenvalue weighted by atomic mass is 32.1. The van der Waals surface area contributed by atoms with Crippen molar-refractivity contribution in [1.29, 1.82) is 0 Å². The lowest BCUT2D eigenvalue weighted by molar-refractivity contribution is 0.103. The van der Waals surface area contributed by atoms with Gasteiger partial charge in [-0.2, -0.15) is 0 Å². The molecule has 3 nitrogen and oxygen atoms in total. The summed E-state index contributed by atoms with van der Waals surface area (Å²) in [4.78, 5) is 14.5. The number of carbonyl (C=O) groups excluding carboxylic acids is 1. The van der Waals surface area contributed by atoms with Crippen molar-refractivity contribution in [1.82, 2.24) is 0 Å². The predicted molar refractivity (Wildman–Crippen MR) is 98.0 cm³/mol. The fraction of sp³-hybridized carbons (Fsp3) is 0.150. The molecule has 0 bridgehead atoms. The van der Waals surface area contributed by atoms with E-state index in [0.717, 1.165) is 38.6 Å². The quantitative estimate of drug-likeness (QED) is 0.701. The molecule has 0 atom stereocenters. The summed E-state index contributed by atoms with van der Waals surface area (Å²) in [5, 5.41) is 3.06. The van der Waals surface area contributed by atoms with Gasteiger partial charge < -0.3 is 10.1 Å². The van der Waals surface area contributed by atoms with E-state index in [1.165, 1.54) is 11.3 Å². The van der Waals surface area contributed by atoms with Gasteiger partial charge in [0.05, 0.1) is 4.88 Å². The third-order valence-corrected chi connectivity index (χ3v) is 5.48. The minimum atomic E-state index is -0.0655. The van der Waals surface area contributed by atoms with Gasteiger partial charge in [0, 0.05) is 21.7 Å². The minimum Gasteiger partial charge on any atom is -0.488 e. The zero-order chi connectivity index (χ0) is 16.7. The zero-order valence-electron chi connectivity index (χ0n) is 13.6. The average molecular weight is 335 g/mol. The third kappa shape index (κ3) is 2.49. The second-order valence-electron chi connectivity index (χ2n) is 5.97. The van der Waals surface area contributed by atoms with Crippen LogP contribution in [0.2, 0.25) is 0 Å². The summed E-state index contributed by atoms with van der Waals surface area (Å²) in [7, 11) is 0. The van der Waals surface area contributed by atoms with Crippen molar-refractivity contribution in [2.45, 2.75) is 20.5 Å². The standard InChI is InChI=1S/C20H17NO2S/c1-12-6-5-7-13(2)18(12)21-20(22)17-10-14-11-23-16-9-4-3-8-15(16)19(14)24-17/h3-10H,11H2,1-2H3,(H,21,22). The molecule has 1 amide bonds. The molecular formula is C20H17NO2S. The Kier molecular flexibility index (Phi) is 3.62. The van der Waals surface area contributed by atoms with Crippen LogP contribution in [0.5, 0.6) is 5.75 Å². The molecule has 4 heteroatoms. The maximum atomic E-state index is 12.7. The number of carbonyl (C=O) groups is 1. The molecule has 3 aromatic rings. The minimum absolute atomic E-state index is 0.0655. The third-order valence-electron chi connectivity index (χ3n) is 4.27. The first-order valence-corrected chi connectivity index (χ1v) is 8.67. The summed E-state index contributed by atoms with van der Waals surface area (Å²) in [6, 6.07) is 15.9.